The van der Waals surface area contributed by atoms with Gasteiger partial charge in [0.1, 0.15) is 0 Å². The molecule has 13 heavy (non-hydrogen) atoms. The highest BCUT2D eigenvalue weighted by Gasteiger charge is 1.91. The van der Waals surface area contributed by atoms with Crippen LogP contribution < -0.4 is 5.32 Å². The van der Waals surface area contributed by atoms with Crippen LogP contribution in [0.2, 0.25) is 0 Å². The van der Waals surface area contributed by atoms with Crippen molar-refractivity contribution in [3.63, 3.8) is 0 Å². The minimum Gasteiger partial charge on any atom is -0.317 e. The Morgan fingerprint density at radius 2 is 2.23 bits per heavy atom. The van der Waals surface area contributed by atoms with Gasteiger partial charge in [-0.25, -0.2) is 0 Å². The van der Waals surface area contributed by atoms with Crippen LogP contribution in [0.1, 0.15) is 26.2 Å². The highest BCUT2D eigenvalue weighted by atomic mass is 15.3. The van der Waals surface area contributed by atoms with Crippen molar-refractivity contribution in [1.29, 1.82) is 0 Å². The maximum atomic E-state index is 4.15. The van der Waals surface area contributed by atoms with Crippen molar-refractivity contribution in [2.24, 2.45) is 0 Å². The Balaban J connectivity index is 1.90. The molecular weight excluding hydrogens is 162 g/mol. The van der Waals surface area contributed by atoms with Gasteiger partial charge in [-0.15, -0.1) is 0 Å². The number of nitrogens with one attached hydrogen (secondary N) is 1. The fourth-order valence-electron chi connectivity index (χ4n) is 1.31. The molecule has 0 spiro atoms. The molecular formula is C10H19N3. The van der Waals surface area contributed by atoms with E-state index in [1.54, 1.807) is 0 Å². The van der Waals surface area contributed by atoms with E-state index >= 15 is 0 Å². The van der Waals surface area contributed by atoms with Crippen molar-refractivity contribution >= 4 is 0 Å². The van der Waals surface area contributed by atoms with Crippen LogP contribution in [0, 0.1) is 0 Å². The highest BCUT2D eigenvalue weighted by molar-refractivity contribution is 4.77. The molecule has 0 aliphatic rings. The molecule has 0 saturated heterocycles. The van der Waals surface area contributed by atoms with Crippen LogP contribution >= 0.6 is 0 Å². The van der Waals surface area contributed by atoms with Crippen molar-refractivity contribution in [2.45, 2.75) is 32.7 Å². The van der Waals surface area contributed by atoms with Gasteiger partial charge in [-0.2, -0.15) is 5.10 Å². The van der Waals surface area contributed by atoms with E-state index in [0.29, 0.717) is 0 Å². The number of hydrogen-bond donors (Lipinski definition) is 1. The maximum Gasteiger partial charge on any atom is 0.0489 e. The Hall–Kier alpha value is -0.830. The summed E-state index contributed by atoms with van der Waals surface area (Å²) in [5, 5.41) is 7.47. The van der Waals surface area contributed by atoms with Crippen LogP contribution in [0.25, 0.3) is 0 Å². The molecule has 0 fully saturated rings. The summed E-state index contributed by atoms with van der Waals surface area (Å²) in [5.74, 6) is 0. The molecule has 0 radical (unpaired) electrons. The van der Waals surface area contributed by atoms with Crippen LogP contribution in [-0.4, -0.2) is 22.9 Å². The average Bonchev–Trinajstić information content (AvgIpc) is 2.63. The molecule has 1 heterocycles. The zero-order chi connectivity index (χ0) is 9.36. The first kappa shape index (κ1) is 10.3. The van der Waals surface area contributed by atoms with E-state index in [1.165, 1.54) is 19.3 Å². The van der Waals surface area contributed by atoms with Gasteiger partial charge in [0.05, 0.1) is 0 Å². The van der Waals surface area contributed by atoms with Gasteiger partial charge in [0.25, 0.3) is 0 Å². The van der Waals surface area contributed by atoms with Crippen molar-refractivity contribution in [3.8, 4) is 0 Å². The van der Waals surface area contributed by atoms with E-state index in [2.05, 4.69) is 17.3 Å². The molecule has 1 N–H and O–H groups in total. The quantitative estimate of drug-likeness (QED) is 0.648. The number of unbranched alkanes of at least 4 members (excludes halogenated alkanes) is 2. The van der Waals surface area contributed by atoms with Crippen LogP contribution in [-0.2, 0) is 6.54 Å². The van der Waals surface area contributed by atoms with Gasteiger partial charge in [-0.1, -0.05) is 13.3 Å². The summed E-state index contributed by atoms with van der Waals surface area (Å²) in [6.07, 6.45) is 7.64. The lowest BCUT2D eigenvalue weighted by atomic mass is 10.2. The molecule has 3 nitrogen and oxygen atoms in total. The van der Waals surface area contributed by atoms with E-state index in [4.69, 9.17) is 0 Å². The number of hydrogen-bond acceptors (Lipinski definition) is 2. The predicted molar refractivity (Wildman–Crippen MR) is 54.6 cm³/mol. The average molecular weight is 181 g/mol. The lowest BCUT2D eigenvalue weighted by Gasteiger charge is -2.02. The number of aromatic nitrogens is 2. The van der Waals surface area contributed by atoms with Gasteiger partial charge in [0.2, 0.25) is 0 Å². The fourth-order valence-corrected chi connectivity index (χ4v) is 1.31. The van der Waals surface area contributed by atoms with Crippen LogP contribution in [0.15, 0.2) is 18.5 Å². The zero-order valence-electron chi connectivity index (χ0n) is 8.37. The predicted octanol–water partition coefficient (Wildman–Crippen LogP) is 1.66. The summed E-state index contributed by atoms with van der Waals surface area (Å²) in [4.78, 5) is 0. The summed E-state index contributed by atoms with van der Waals surface area (Å²) in [6, 6.07) is 1.97. The molecule has 0 bridgehead atoms. The first-order valence-electron chi connectivity index (χ1n) is 5.11. The van der Waals surface area contributed by atoms with Crippen LogP contribution in [0.5, 0.6) is 0 Å². The summed E-state index contributed by atoms with van der Waals surface area (Å²) in [7, 11) is 0. The Morgan fingerprint density at radius 3 is 2.92 bits per heavy atom. The normalized spacial score (nSPS) is 10.5. The summed E-state index contributed by atoms with van der Waals surface area (Å²) >= 11 is 0. The molecule has 0 aliphatic carbocycles. The smallest absolute Gasteiger partial charge is 0.0489 e. The van der Waals surface area contributed by atoms with Crippen LogP contribution in [0.4, 0.5) is 0 Å². The fraction of sp³-hybridized carbons (Fsp3) is 0.700. The molecule has 74 valence electrons. The minimum absolute atomic E-state index is 1.05. The monoisotopic (exact) mass is 181 g/mol. The molecule has 0 saturated carbocycles. The van der Waals surface area contributed by atoms with E-state index < -0.39 is 0 Å². The Bertz CT molecular complexity index is 194. The van der Waals surface area contributed by atoms with E-state index in [9.17, 15) is 0 Å². The van der Waals surface area contributed by atoms with Crippen molar-refractivity contribution < 1.29 is 0 Å². The minimum atomic E-state index is 1.05. The lowest BCUT2D eigenvalue weighted by molar-refractivity contribution is 0.532. The first-order chi connectivity index (χ1) is 6.43. The SMILES string of the molecule is CCNCCCCCn1cccn1. The number of rotatable bonds is 7. The van der Waals surface area contributed by atoms with Crippen molar-refractivity contribution in [1.82, 2.24) is 15.1 Å². The zero-order valence-corrected chi connectivity index (χ0v) is 8.37. The third-order valence-corrected chi connectivity index (χ3v) is 2.05. The molecule has 0 atom stereocenters. The first-order valence-corrected chi connectivity index (χ1v) is 5.11. The van der Waals surface area contributed by atoms with Crippen molar-refractivity contribution in [2.75, 3.05) is 13.1 Å². The second-order valence-corrected chi connectivity index (χ2v) is 3.18. The molecule has 1 rings (SSSR count). The lowest BCUT2D eigenvalue weighted by Crippen LogP contribution is -2.13. The largest absolute Gasteiger partial charge is 0.317 e. The summed E-state index contributed by atoms with van der Waals surface area (Å²) in [5.41, 5.74) is 0. The molecule has 1 aromatic rings. The maximum absolute atomic E-state index is 4.15. The van der Waals surface area contributed by atoms with Crippen LogP contribution in [0.3, 0.4) is 0 Å². The number of aryl methyl sites for hydroxylation is 1. The molecule has 0 amide bonds. The number of nitrogens with zero attached hydrogens (tertiary/aromatic N) is 2. The molecule has 0 aliphatic heterocycles. The van der Waals surface area contributed by atoms with E-state index in [0.717, 1.165) is 19.6 Å². The second kappa shape index (κ2) is 6.66. The van der Waals surface area contributed by atoms with Gasteiger partial charge >= 0.3 is 0 Å². The van der Waals surface area contributed by atoms with Gasteiger partial charge in [-0.05, 0) is 32.0 Å². The second-order valence-electron chi connectivity index (χ2n) is 3.18. The third kappa shape index (κ3) is 4.68. The molecule has 0 unspecified atom stereocenters. The topological polar surface area (TPSA) is 29.9 Å². The molecule has 1 aromatic heterocycles. The standard InChI is InChI=1S/C10H19N3/c1-2-11-7-4-3-5-9-13-10-6-8-12-13/h6,8,10-11H,2-5,7,9H2,1H3. The Morgan fingerprint density at radius 1 is 1.31 bits per heavy atom. The van der Waals surface area contributed by atoms with Gasteiger partial charge in [0.15, 0.2) is 0 Å². The molecule has 0 aromatic carbocycles. The van der Waals surface area contributed by atoms with Gasteiger partial charge in [-0.3, -0.25) is 4.68 Å². The third-order valence-electron chi connectivity index (χ3n) is 2.05. The highest BCUT2D eigenvalue weighted by Crippen LogP contribution is 1.97. The summed E-state index contributed by atoms with van der Waals surface area (Å²) < 4.78 is 1.99. The van der Waals surface area contributed by atoms with Crippen molar-refractivity contribution in [3.05, 3.63) is 18.5 Å². The summed E-state index contributed by atoms with van der Waals surface area (Å²) in [6.45, 7) is 5.43. The van der Waals surface area contributed by atoms with Gasteiger partial charge < -0.3 is 5.32 Å². The van der Waals surface area contributed by atoms with E-state index in [1.807, 2.05) is 23.1 Å². The Kier molecular flexibility index (Phi) is 5.25. The Labute approximate surface area is 80.1 Å². The molecule has 3 heteroatoms. The van der Waals surface area contributed by atoms with Gasteiger partial charge in [0, 0.05) is 18.9 Å². The van der Waals surface area contributed by atoms with E-state index in [-0.39, 0.29) is 0 Å².